The van der Waals surface area contributed by atoms with E-state index in [1.807, 2.05) is 0 Å². The summed E-state index contributed by atoms with van der Waals surface area (Å²) in [6.07, 6.45) is 18.5. The van der Waals surface area contributed by atoms with Crippen LogP contribution < -0.4 is 0 Å². The van der Waals surface area contributed by atoms with E-state index >= 15 is 0 Å². The lowest BCUT2D eigenvalue weighted by Crippen LogP contribution is -2.16. The van der Waals surface area contributed by atoms with E-state index in [0.717, 1.165) is 12.8 Å². The van der Waals surface area contributed by atoms with Gasteiger partial charge in [0.1, 0.15) is 6.61 Å². The van der Waals surface area contributed by atoms with Crippen LogP contribution in [0.4, 0.5) is 4.79 Å². The third-order valence-electron chi connectivity index (χ3n) is 4.41. The molecule has 0 rings (SSSR count). The van der Waals surface area contributed by atoms with Crippen LogP contribution in [-0.4, -0.2) is 30.6 Å². The fraction of sp³-hybridized carbons (Fsp3) is 0.952. The summed E-state index contributed by atoms with van der Waals surface area (Å²) in [5, 5.41) is 8.98. The van der Waals surface area contributed by atoms with Crippen LogP contribution in [0.3, 0.4) is 0 Å². The van der Waals surface area contributed by atoms with Crippen molar-refractivity contribution >= 4 is 6.16 Å². The Hall–Kier alpha value is -0.770. The highest BCUT2D eigenvalue weighted by Crippen LogP contribution is 2.13. The van der Waals surface area contributed by atoms with Crippen LogP contribution in [0.1, 0.15) is 110 Å². The third kappa shape index (κ3) is 21.2. The summed E-state index contributed by atoms with van der Waals surface area (Å²) in [4.78, 5) is 11.1. The van der Waals surface area contributed by atoms with Crippen LogP contribution in [0.5, 0.6) is 0 Å². The van der Waals surface area contributed by atoms with Crippen molar-refractivity contribution in [2.45, 2.75) is 116 Å². The maximum atomic E-state index is 11.1. The minimum absolute atomic E-state index is 0.00229. The van der Waals surface area contributed by atoms with Crippen LogP contribution in [0.15, 0.2) is 0 Å². The quantitative estimate of drug-likeness (QED) is 0.228. The number of unbranched alkanes of at least 4 members (excludes halogenated alkanes) is 14. The summed E-state index contributed by atoms with van der Waals surface area (Å²) in [5.41, 5.74) is 0. The Bertz CT molecular complexity index is 279. The fourth-order valence-electron chi connectivity index (χ4n) is 2.86. The van der Waals surface area contributed by atoms with Crippen LogP contribution in [0.2, 0.25) is 0 Å². The Balaban J connectivity index is 3.08. The summed E-state index contributed by atoms with van der Waals surface area (Å²) in [5.74, 6) is 0. The van der Waals surface area contributed by atoms with Crippen molar-refractivity contribution in [3.8, 4) is 0 Å². The molecule has 0 saturated carbocycles. The average molecular weight is 359 g/mol. The van der Waals surface area contributed by atoms with Gasteiger partial charge in [0.2, 0.25) is 0 Å². The minimum atomic E-state index is -0.675. The van der Waals surface area contributed by atoms with Crippen molar-refractivity contribution in [3.63, 3.8) is 0 Å². The van der Waals surface area contributed by atoms with Crippen molar-refractivity contribution in [2.24, 2.45) is 0 Å². The maximum Gasteiger partial charge on any atom is 0.508 e. The standard InChI is InChI=1S/C21H42O4/c1-3-4-5-6-7-8-9-10-11-12-13-14-15-16-17-18-24-21(23)25-19-20(2)22/h20,22H,3-19H2,1-2H3. The lowest BCUT2D eigenvalue weighted by molar-refractivity contribution is 0.0232. The average Bonchev–Trinajstić information content (AvgIpc) is 2.59. The first-order chi connectivity index (χ1) is 12.2. The number of carbonyl (C=O) groups excluding carboxylic acids is 1. The van der Waals surface area contributed by atoms with E-state index in [9.17, 15) is 4.79 Å². The van der Waals surface area contributed by atoms with Crippen LogP contribution in [-0.2, 0) is 9.47 Å². The van der Waals surface area contributed by atoms with Gasteiger partial charge in [0.25, 0.3) is 0 Å². The van der Waals surface area contributed by atoms with Crippen LogP contribution in [0, 0.1) is 0 Å². The molecule has 0 aliphatic rings. The zero-order valence-corrected chi connectivity index (χ0v) is 16.8. The smallest absolute Gasteiger partial charge is 0.434 e. The molecule has 0 aromatic carbocycles. The molecule has 1 unspecified atom stereocenters. The third-order valence-corrected chi connectivity index (χ3v) is 4.41. The minimum Gasteiger partial charge on any atom is -0.434 e. The van der Waals surface area contributed by atoms with Crippen molar-refractivity contribution in [3.05, 3.63) is 0 Å². The molecular weight excluding hydrogens is 316 g/mol. The number of ether oxygens (including phenoxy) is 2. The highest BCUT2D eigenvalue weighted by Gasteiger charge is 2.05. The van der Waals surface area contributed by atoms with Crippen LogP contribution >= 0.6 is 0 Å². The van der Waals surface area contributed by atoms with E-state index in [2.05, 4.69) is 6.92 Å². The van der Waals surface area contributed by atoms with Gasteiger partial charge < -0.3 is 14.6 Å². The monoisotopic (exact) mass is 358 g/mol. The van der Waals surface area contributed by atoms with Gasteiger partial charge in [-0.15, -0.1) is 0 Å². The molecule has 4 nitrogen and oxygen atoms in total. The molecule has 150 valence electrons. The first-order valence-corrected chi connectivity index (χ1v) is 10.6. The molecule has 0 aliphatic carbocycles. The Morgan fingerprint density at radius 3 is 1.52 bits per heavy atom. The van der Waals surface area contributed by atoms with Gasteiger partial charge in [-0.25, -0.2) is 4.79 Å². The Labute approximate surface area is 155 Å². The van der Waals surface area contributed by atoms with Gasteiger partial charge in [-0.2, -0.15) is 0 Å². The highest BCUT2D eigenvalue weighted by molar-refractivity contribution is 5.59. The topological polar surface area (TPSA) is 55.8 Å². The van der Waals surface area contributed by atoms with E-state index < -0.39 is 12.3 Å². The van der Waals surface area contributed by atoms with Crippen molar-refractivity contribution < 1.29 is 19.4 Å². The Kier molecular flexibility index (Phi) is 19.0. The first-order valence-electron chi connectivity index (χ1n) is 10.6. The van der Waals surface area contributed by atoms with Gasteiger partial charge in [-0.05, 0) is 13.3 Å². The lowest BCUT2D eigenvalue weighted by atomic mass is 10.0. The number of carbonyl (C=O) groups is 1. The van der Waals surface area contributed by atoms with E-state index in [0.29, 0.717) is 6.61 Å². The van der Waals surface area contributed by atoms with E-state index in [1.54, 1.807) is 6.92 Å². The molecule has 0 amide bonds. The van der Waals surface area contributed by atoms with Gasteiger partial charge >= 0.3 is 6.16 Å². The molecule has 0 heterocycles. The zero-order chi connectivity index (χ0) is 18.6. The van der Waals surface area contributed by atoms with Gasteiger partial charge in [-0.1, -0.05) is 96.8 Å². The molecule has 1 atom stereocenters. The second-order valence-corrected chi connectivity index (χ2v) is 7.21. The number of hydrogen-bond donors (Lipinski definition) is 1. The maximum absolute atomic E-state index is 11.1. The molecule has 25 heavy (non-hydrogen) atoms. The lowest BCUT2D eigenvalue weighted by Gasteiger charge is -2.07. The SMILES string of the molecule is CCCCCCCCCCCCCCCCCOC(=O)OCC(C)O. The molecule has 0 aromatic heterocycles. The summed E-state index contributed by atoms with van der Waals surface area (Å²) in [6.45, 7) is 4.25. The molecule has 0 radical (unpaired) electrons. The van der Waals surface area contributed by atoms with Gasteiger partial charge in [0.15, 0.2) is 0 Å². The Morgan fingerprint density at radius 1 is 0.720 bits per heavy atom. The van der Waals surface area contributed by atoms with E-state index in [-0.39, 0.29) is 6.61 Å². The summed E-state index contributed by atoms with van der Waals surface area (Å²) < 4.78 is 9.65. The number of aliphatic hydroxyl groups is 1. The summed E-state index contributed by atoms with van der Waals surface area (Å²) in [6, 6.07) is 0. The molecule has 0 saturated heterocycles. The van der Waals surface area contributed by atoms with E-state index in [4.69, 9.17) is 14.6 Å². The number of hydrogen-bond acceptors (Lipinski definition) is 4. The zero-order valence-electron chi connectivity index (χ0n) is 16.8. The molecule has 0 spiro atoms. The largest absolute Gasteiger partial charge is 0.508 e. The first kappa shape index (κ1) is 24.2. The van der Waals surface area contributed by atoms with Gasteiger partial charge in [0.05, 0.1) is 12.7 Å². The van der Waals surface area contributed by atoms with Crippen molar-refractivity contribution in [2.75, 3.05) is 13.2 Å². The second-order valence-electron chi connectivity index (χ2n) is 7.21. The molecule has 4 heteroatoms. The van der Waals surface area contributed by atoms with Crippen molar-refractivity contribution in [1.82, 2.24) is 0 Å². The van der Waals surface area contributed by atoms with Crippen molar-refractivity contribution in [1.29, 1.82) is 0 Å². The molecule has 0 fully saturated rings. The van der Waals surface area contributed by atoms with Gasteiger partial charge in [0, 0.05) is 0 Å². The molecule has 0 aliphatic heterocycles. The predicted molar refractivity (Wildman–Crippen MR) is 104 cm³/mol. The second kappa shape index (κ2) is 19.6. The Morgan fingerprint density at radius 2 is 1.12 bits per heavy atom. The summed E-state index contributed by atoms with van der Waals surface area (Å²) in [7, 11) is 0. The van der Waals surface area contributed by atoms with E-state index in [1.165, 1.54) is 83.5 Å². The van der Waals surface area contributed by atoms with Crippen LogP contribution in [0.25, 0.3) is 0 Å². The molecule has 0 aromatic rings. The summed E-state index contributed by atoms with van der Waals surface area (Å²) >= 11 is 0. The van der Waals surface area contributed by atoms with Gasteiger partial charge in [-0.3, -0.25) is 0 Å². The molecular formula is C21H42O4. The highest BCUT2D eigenvalue weighted by atomic mass is 16.7. The predicted octanol–water partition coefficient (Wildman–Crippen LogP) is 6.39. The normalized spacial score (nSPS) is 12.1. The molecule has 0 bridgehead atoms. The number of rotatable bonds is 18. The fourth-order valence-corrected chi connectivity index (χ4v) is 2.86. The number of aliphatic hydroxyl groups excluding tert-OH is 1. The molecule has 1 N–H and O–H groups in total.